The molecule has 2 aromatic heterocycles. The second-order valence-electron chi connectivity index (χ2n) is 6.40. The summed E-state index contributed by atoms with van der Waals surface area (Å²) >= 11 is 0. The van der Waals surface area contributed by atoms with Gasteiger partial charge >= 0.3 is 0 Å². The molecule has 6 heteroatoms. The van der Waals surface area contributed by atoms with Crippen molar-refractivity contribution in [2.45, 2.75) is 26.8 Å². The topological polar surface area (TPSA) is 82.9 Å². The molecule has 0 saturated carbocycles. The van der Waals surface area contributed by atoms with E-state index in [1.165, 1.54) is 16.2 Å². The van der Waals surface area contributed by atoms with Crippen molar-refractivity contribution >= 4 is 5.91 Å². The van der Waals surface area contributed by atoms with Gasteiger partial charge in [0.2, 0.25) is 5.91 Å². The number of primary amides is 1. The first-order valence-electron chi connectivity index (χ1n) is 8.51. The predicted octanol–water partition coefficient (Wildman–Crippen LogP) is 2.10. The molecule has 27 heavy (non-hydrogen) atoms. The van der Waals surface area contributed by atoms with E-state index in [9.17, 15) is 9.59 Å². The van der Waals surface area contributed by atoms with Crippen molar-refractivity contribution in [1.82, 2.24) is 14.1 Å². The van der Waals surface area contributed by atoms with Crippen LogP contribution in [0.1, 0.15) is 35.5 Å². The van der Waals surface area contributed by atoms with Crippen molar-refractivity contribution in [1.29, 1.82) is 0 Å². The molecule has 0 aliphatic rings. The van der Waals surface area contributed by atoms with Crippen LogP contribution in [0.4, 0.5) is 0 Å². The summed E-state index contributed by atoms with van der Waals surface area (Å²) in [6.45, 7) is 5.64. The van der Waals surface area contributed by atoms with Crippen molar-refractivity contribution in [2.24, 2.45) is 5.73 Å². The van der Waals surface area contributed by atoms with Crippen molar-refractivity contribution in [3.63, 3.8) is 0 Å². The Labute approximate surface area is 157 Å². The molecule has 0 radical (unpaired) electrons. The molecule has 2 heterocycles. The van der Waals surface area contributed by atoms with Gasteiger partial charge < -0.3 is 10.3 Å². The van der Waals surface area contributed by atoms with Crippen LogP contribution in [0.25, 0.3) is 5.69 Å². The lowest BCUT2D eigenvalue weighted by atomic mass is 10.1. The zero-order valence-electron chi connectivity index (χ0n) is 15.4. The standard InChI is InChI=1S/C21H20N4O2/c1-14-4-5-17(15(2)12-14)6-7-19-23-9-11-25(19)18-8-10-24(20(26)13-18)16(3)21(22)27/h4-5,8-13,16H,1-3H3,(H2,22,27). The molecule has 0 fully saturated rings. The van der Waals surface area contributed by atoms with Crippen LogP contribution in [-0.4, -0.2) is 20.0 Å². The molecule has 1 amide bonds. The predicted molar refractivity (Wildman–Crippen MR) is 104 cm³/mol. The Morgan fingerprint density at radius 2 is 1.93 bits per heavy atom. The number of aryl methyl sites for hydroxylation is 2. The normalized spacial score (nSPS) is 11.5. The summed E-state index contributed by atoms with van der Waals surface area (Å²) in [4.78, 5) is 27.9. The van der Waals surface area contributed by atoms with Gasteiger partial charge in [0.15, 0.2) is 5.82 Å². The first-order chi connectivity index (χ1) is 12.9. The number of nitrogens with two attached hydrogens (primary N) is 1. The van der Waals surface area contributed by atoms with Crippen molar-refractivity contribution in [3.05, 3.63) is 81.8 Å². The fourth-order valence-corrected chi connectivity index (χ4v) is 2.77. The first-order valence-corrected chi connectivity index (χ1v) is 8.51. The van der Waals surface area contributed by atoms with E-state index in [1.807, 2.05) is 26.0 Å². The van der Waals surface area contributed by atoms with E-state index in [-0.39, 0.29) is 5.56 Å². The molecular weight excluding hydrogens is 340 g/mol. The Morgan fingerprint density at radius 3 is 2.59 bits per heavy atom. The quantitative estimate of drug-likeness (QED) is 0.726. The SMILES string of the molecule is Cc1ccc(C#Cc2nccn2-c2ccn(C(C)C(N)=O)c(=O)c2)c(C)c1. The number of benzene rings is 1. The summed E-state index contributed by atoms with van der Waals surface area (Å²) in [6, 6.07) is 8.53. The van der Waals surface area contributed by atoms with Gasteiger partial charge in [-0.3, -0.25) is 14.2 Å². The third-order valence-corrected chi connectivity index (χ3v) is 4.37. The van der Waals surface area contributed by atoms with E-state index in [0.29, 0.717) is 11.5 Å². The van der Waals surface area contributed by atoms with Crippen LogP contribution in [-0.2, 0) is 4.79 Å². The Kier molecular flexibility index (Phi) is 4.95. The Bertz CT molecular complexity index is 1130. The highest BCUT2D eigenvalue weighted by Crippen LogP contribution is 2.12. The number of hydrogen-bond donors (Lipinski definition) is 1. The number of pyridine rings is 1. The van der Waals surface area contributed by atoms with Crippen LogP contribution < -0.4 is 11.3 Å². The summed E-state index contributed by atoms with van der Waals surface area (Å²) in [6.07, 6.45) is 4.92. The molecule has 1 aromatic carbocycles. The molecule has 0 aliphatic heterocycles. The summed E-state index contributed by atoms with van der Waals surface area (Å²) in [5.41, 5.74) is 8.80. The molecular formula is C21H20N4O2. The molecule has 3 aromatic rings. The van der Waals surface area contributed by atoms with Crippen LogP contribution in [0.2, 0.25) is 0 Å². The molecule has 1 unspecified atom stereocenters. The maximum absolute atomic E-state index is 12.3. The highest BCUT2D eigenvalue weighted by atomic mass is 16.2. The summed E-state index contributed by atoms with van der Waals surface area (Å²) < 4.78 is 3.03. The Morgan fingerprint density at radius 1 is 1.15 bits per heavy atom. The van der Waals surface area contributed by atoms with E-state index in [4.69, 9.17) is 5.73 Å². The minimum Gasteiger partial charge on any atom is -0.368 e. The van der Waals surface area contributed by atoms with E-state index in [0.717, 1.165) is 11.1 Å². The monoisotopic (exact) mass is 360 g/mol. The van der Waals surface area contributed by atoms with Gasteiger partial charge in [0.05, 0.1) is 5.69 Å². The minimum atomic E-state index is -0.710. The molecule has 0 spiro atoms. The van der Waals surface area contributed by atoms with Crippen LogP contribution >= 0.6 is 0 Å². The molecule has 0 saturated heterocycles. The maximum Gasteiger partial charge on any atom is 0.253 e. The van der Waals surface area contributed by atoms with Crippen LogP contribution in [0.15, 0.2) is 53.7 Å². The van der Waals surface area contributed by atoms with Crippen molar-refractivity contribution in [2.75, 3.05) is 0 Å². The number of aromatic nitrogens is 3. The van der Waals surface area contributed by atoms with Crippen LogP contribution in [0.5, 0.6) is 0 Å². The molecule has 3 rings (SSSR count). The zero-order valence-corrected chi connectivity index (χ0v) is 15.4. The van der Waals surface area contributed by atoms with Gasteiger partial charge in [-0.2, -0.15) is 0 Å². The maximum atomic E-state index is 12.3. The lowest BCUT2D eigenvalue weighted by molar-refractivity contribution is -0.120. The Balaban J connectivity index is 1.97. The van der Waals surface area contributed by atoms with Crippen molar-refractivity contribution < 1.29 is 4.79 Å². The Hall–Kier alpha value is -3.59. The summed E-state index contributed by atoms with van der Waals surface area (Å²) in [5.74, 6) is 6.16. The van der Waals surface area contributed by atoms with Crippen molar-refractivity contribution in [3.8, 4) is 17.5 Å². The molecule has 6 nitrogen and oxygen atoms in total. The summed E-state index contributed by atoms with van der Waals surface area (Å²) in [7, 11) is 0. The second kappa shape index (κ2) is 7.34. The van der Waals surface area contributed by atoms with Gasteiger partial charge in [-0.25, -0.2) is 4.98 Å². The average Bonchev–Trinajstić information content (AvgIpc) is 3.09. The fourth-order valence-electron chi connectivity index (χ4n) is 2.77. The molecule has 0 aliphatic carbocycles. The fraction of sp³-hybridized carbons (Fsp3) is 0.190. The van der Waals surface area contributed by atoms with E-state index in [1.54, 1.807) is 36.1 Å². The number of carbonyl (C=O) groups excluding carboxylic acids is 1. The van der Waals surface area contributed by atoms with Gasteiger partial charge in [-0.1, -0.05) is 23.6 Å². The number of hydrogen-bond acceptors (Lipinski definition) is 3. The van der Waals surface area contributed by atoms with E-state index < -0.39 is 11.9 Å². The van der Waals surface area contributed by atoms with Gasteiger partial charge in [0.1, 0.15) is 6.04 Å². The van der Waals surface area contributed by atoms with Crippen LogP contribution in [0, 0.1) is 25.7 Å². The van der Waals surface area contributed by atoms with Gasteiger partial charge in [0, 0.05) is 30.2 Å². The zero-order chi connectivity index (χ0) is 19.6. The number of amides is 1. The molecule has 1 atom stereocenters. The van der Waals surface area contributed by atoms with Gasteiger partial charge in [-0.15, -0.1) is 0 Å². The molecule has 0 bridgehead atoms. The smallest absolute Gasteiger partial charge is 0.253 e. The number of imidazole rings is 1. The van der Waals surface area contributed by atoms with E-state index in [2.05, 4.69) is 22.9 Å². The molecule has 2 N–H and O–H groups in total. The highest BCUT2D eigenvalue weighted by molar-refractivity contribution is 5.77. The minimum absolute atomic E-state index is 0.319. The third-order valence-electron chi connectivity index (χ3n) is 4.37. The van der Waals surface area contributed by atoms with Gasteiger partial charge in [-0.05, 0) is 44.4 Å². The largest absolute Gasteiger partial charge is 0.368 e. The highest BCUT2D eigenvalue weighted by Gasteiger charge is 2.13. The number of rotatable bonds is 3. The van der Waals surface area contributed by atoms with Crippen LogP contribution in [0.3, 0.4) is 0 Å². The summed E-state index contributed by atoms with van der Waals surface area (Å²) in [5, 5.41) is 0. The van der Waals surface area contributed by atoms with E-state index >= 15 is 0 Å². The lowest BCUT2D eigenvalue weighted by Crippen LogP contribution is -2.31. The van der Waals surface area contributed by atoms with Gasteiger partial charge in [0.25, 0.3) is 5.56 Å². The number of nitrogens with zero attached hydrogens (tertiary/aromatic N) is 3. The third kappa shape index (κ3) is 3.82. The first kappa shape index (κ1) is 18.2. The molecule has 136 valence electrons. The lowest BCUT2D eigenvalue weighted by Gasteiger charge is -2.12. The average molecular weight is 360 g/mol. The number of carbonyl (C=O) groups is 1. The second-order valence-corrected chi connectivity index (χ2v) is 6.40.